The summed E-state index contributed by atoms with van der Waals surface area (Å²) in [6, 6.07) is 15.0. The number of nitrogens with zero attached hydrogens (tertiary/aromatic N) is 3. The number of urea groups is 1. The van der Waals surface area contributed by atoms with Gasteiger partial charge in [0.1, 0.15) is 0 Å². The highest BCUT2D eigenvalue weighted by molar-refractivity contribution is 5.94. The van der Waals surface area contributed by atoms with Crippen LogP contribution < -0.4 is 10.4 Å². The molecular formula is C25H30N4O4. The van der Waals surface area contributed by atoms with Gasteiger partial charge in [-0.25, -0.2) is 10.3 Å². The van der Waals surface area contributed by atoms with Gasteiger partial charge in [0.25, 0.3) is 5.91 Å². The molecule has 0 radical (unpaired) electrons. The van der Waals surface area contributed by atoms with Crippen LogP contribution >= 0.6 is 0 Å². The average molecular weight is 451 g/mol. The molecule has 2 heterocycles. The van der Waals surface area contributed by atoms with Crippen molar-refractivity contribution in [1.82, 2.24) is 15.3 Å². The van der Waals surface area contributed by atoms with Crippen molar-refractivity contribution < 1.29 is 19.5 Å². The summed E-state index contributed by atoms with van der Waals surface area (Å²) in [5.41, 5.74) is 6.14. The standard InChI is InChI=1S/C25H30N4O4/c1-27-11-9-20(10-12-27)22-3-2-4-23(17-22)29(25(31)28-13-15-33-16-14-28)18-19-5-7-21(8-6-19)24(30)26-32/h2-9,17,32H,10-16,18H2,1H3,(H,26,30). The van der Waals surface area contributed by atoms with E-state index in [1.165, 1.54) is 5.57 Å². The van der Waals surface area contributed by atoms with Crippen LogP contribution in [-0.4, -0.2) is 73.4 Å². The van der Waals surface area contributed by atoms with Crippen LogP contribution in [0.4, 0.5) is 10.5 Å². The Morgan fingerprint density at radius 3 is 2.52 bits per heavy atom. The Labute approximate surface area is 194 Å². The predicted molar refractivity (Wildman–Crippen MR) is 126 cm³/mol. The van der Waals surface area contributed by atoms with E-state index in [4.69, 9.17) is 9.94 Å². The first-order chi connectivity index (χ1) is 16.0. The Hall–Kier alpha value is -3.20. The summed E-state index contributed by atoms with van der Waals surface area (Å²) >= 11 is 0. The summed E-state index contributed by atoms with van der Waals surface area (Å²) < 4.78 is 5.42. The molecule has 2 aromatic carbocycles. The number of hydrogen-bond donors (Lipinski definition) is 2. The molecule has 1 saturated heterocycles. The summed E-state index contributed by atoms with van der Waals surface area (Å²) in [7, 11) is 2.11. The lowest BCUT2D eigenvalue weighted by atomic mass is 9.99. The number of ether oxygens (including phenoxy) is 1. The van der Waals surface area contributed by atoms with Crippen molar-refractivity contribution in [2.75, 3.05) is 51.3 Å². The van der Waals surface area contributed by atoms with Crippen molar-refractivity contribution in [3.8, 4) is 0 Å². The molecule has 1 fully saturated rings. The fourth-order valence-corrected chi connectivity index (χ4v) is 4.11. The van der Waals surface area contributed by atoms with Gasteiger partial charge in [0.2, 0.25) is 0 Å². The van der Waals surface area contributed by atoms with Gasteiger partial charge in [-0.1, -0.05) is 30.3 Å². The molecule has 0 bridgehead atoms. The molecule has 4 rings (SSSR count). The van der Waals surface area contributed by atoms with Crippen LogP contribution in [0.2, 0.25) is 0 Å². The number of hydroxylamine groups is 1. The third-order valence-corrected chi connectivity index (χ3v) is 6.11. The number of nitrogens with one attached hydrogen (secondary N) is 1. The van der Waals surface area contributed by atoms with Gasteiger partial charge in [-0.05, 0) is 54.4 Å². The van der Waals surface area contributed by atoms with Crippen molar-refractivity contribution >= 4 is 23.2 Å². The second-order valence-corrected chi connectivity index (χ2v) is 8.40. The maximum absolute atomic E-state index is 13.5. The van der Waals surface area contributed by atoms with Gasteiger partial charge in [-0.3, -0.25) is 14.9 Å². The van der Waals surface area contributed by atoms with Crippen molar-refractivity contribution in [3.63, 3.8) is 0 Å². The normalized spacial score (nSPS) is 16.8. The van der Waals surface area contributed by atoms with E-state index < -0.39 is 5.91 Å². The second-order valence-electron chi connectivity index (χ2n) is 8.40. The lowest BCUT2D eigenvalue weighted by Gasteiger charge is -2.33. The molecule has 2 N–H and O–H groups in total. The van der Waals surface area contributed by atoms with E-state index in [1.54, 1.807) is 34.6 Å². The van der Waals surface area contributed by atoms with E-state index in [0.29, 0.717) is 38.4 Å². The van der Waals surface area contributed by atoms with Crippen LogP contribution in [0, 0.1) is 0 Å². The van der Waals surface area contributed by atoms with Gasteiger partial charge in [-0.15, -0.1) is 0 Å². The van der Waals surface area contributed by atoms with Crippen molar-refractivity contribution in [2.45, 2.75) is 13.0 Å². The maximum Gasteiger partial charge on any atom is 0.324 e. The van der Waals surface area contributed by atoms with Gasteiger partial charge >= 0.3 is 6.03 Å². The minimum absolute atomic E-state index is 0.0648. The number of amides is 3. The lowest BCUT2D eigenvalue weighted by Crippen LogP contribution is -2.48. The van der Waals surface area contributed by atoms with Gasteiger partial charge < -0.3 is 14.5 Å². The van der Waals surface area contributed by atoms with Gasteiger partial charge in [0.05, 0.1) is 19.8 Å². The molecule has 8 nitrogen and oxygen atoms in total. The molecule has 0 spiro atoms. The van der Waals surface area contributed by atoms with E-state index in [-0.39, 0.29) is 6.03 Å². The summed E-state index contributed by atoms with van der Waals surface area (Å²) in [6.07, 6.45) is 3.23. The third-order valence-electron chi connectivity index (χ3n) is 6.11. The molecule has 3 amide bonds. The van der Waals surface area contributed by atoms with Gasteiger partial charge in [0, 0.05) is 37.4 Å². The number of rotatable bonds is 5. The first kappa shape index (κ1) is 23.0. The van der Waals surface area contributed by atoms with Gasteiger partial charge in [-0.2, -0.15) is 0 Å². The highest BCUT2D eigenvalue weighted by Gasteiger charge is 2.25. The molecule has 0 aliphatic carbocycles. The van der Waals surface area contributed by atoms with Crippen LogP contribution in [0.5, 0.6) is 0 Å². The SMILES string of the molecule is CN1CC=C(c2cccc(N(Cc3ccc(C(=O)NO)cc3)C(=O)N3CCOCC3)c2)CC1. The van der Waals surface area contributed by atoms with E-state index in [0.717, 1.165) is 36.3 Å². The largest absolute Gasteiger partial charge is 0.378 e. The highest BCUT2D eigenvalue weighted by Crippen LogP contribution is 2.27. The number of carbonyl (C=O) groups excluding carboxylic acids is 2. The van der Waals surface area contributed by atoms with E-state index in [2.05, 4.69) is 30.2 Å². The number of benzene rings is 2. The Morgan fingerprint density at radius 2 is 1.85 bits per heavy atom. The molecular weight excluding hydrogens is 420 g/mol. The van der Waals surface area contributed by atoms with Crippen molar-refractivity contribution in [2.24, 2.45) is 0 Å². The number of morpholine rings is 1. The zero-order valence-corrected chi connectivity index (χ0v) is 18.9. The first-order valence-corrected chi connectivity index (χ1v) is 11.2. The molecule has 0 aromatic heterocycles. The molecule has 0 atom stereocenters. The van der Waals surface area contributed by atoms with Crippen molar-refractivity contribution in [3.05, 3.63) is 71.3 Å². The molecule has 2 aromatic rings. The minimum Gasteiger partial charge on any atom is -0.378 e. The molecule has 174 valence electrons. The summed E-state index contributed by atoms with van der Waals surface area (Å²) in [4.78, 5) is 31.1. The number of hydrogen-bond acceptors (Lipinski definition) is 5. The summed E-state index contributed by atoms with van der Waals surface area (Å²) in [5.74, 6) is -0.568. The number of anilines is 1. The van der Waals surface area contributed by atoms with Crippen molar-refractivity contribution in [1.29, 1.82) is 0 Å². The molecule has 2 aliphatic rings. The Bertz CT molecular complexity index is 1020. The zero-order chi connectivity index (χ0) is 23.2. The average Bonchev–Trinajstić information content (AvgIpc) is 2.88. The van der Waals surface area contributed by atoms with Crippen LogP contribution in [0.15, 0.2) is 54.6 Å². The zero-order valence-electron chi connectivity index (χ0n) is 18.9. The Kier molecular flexibility index (Phi) is 7.39. The quantitative estimate of drug-likeness (QED) is 0.540. The lowest BCUT2D eigenvalue weighted by molar-refractivity contribution is 0.0548. The Morgan fingerprint density at radius 1 is 1.09 bits per heavy atom. The van der Waals surface area contributed by atoms with Crippen LogP contribution in [-0.2, 0) is 11.3 Å². The Balaban J connectivity index is 1.62. The number of carbonyl (C=O) groups is 2. The fraction of sp³-hybridized carbons (Fsp3) is 0.360. The minimum atomic E-state index is -0.568. The topological polar surface area (TPSA) is 85.3 Å². The third kappa shape index (κ3) is 5.60. The fourth-order valence-electron chi connectivity index (χ4n) is 4.11. The molecule has 33 heavy (non-hydrogen) atoms. The predicted octanol–water partition coefficient (Wildman–Crippen LogP) is 2.98. The number of likely N-dealkylation sites (N-methyl/N-ethyl adjacent to an activating group) is 1. The van der Waals surface area contributed by atoms with E-state index in [9.17, 15) is 9.59 Å². The van der Waals surface area contributed by atoms with E-state index in [1.807, 2.05) is 17.0 Å². The van der Waals surface area contributed by atoms with Crippen LogP contribution in [0.25, 0.3) is 5.57 Å². The molecule has 8 heteroatoms. The smallest absolute Gasteiger partial charge is 0.324 e. The second kappa shape index (κ2) is 10.6. The van der Waals surface area contributed by atoms with Gasteiger partial charge in [0.15, 0.2) is 0 Å². The summed E-state index contributed by atoms with van der Waals surface area (Å²) in [5, 5.41) is 8.84. The molecule has 0 unspecified atom stereocenters. The van der Waals surface area contributed by atoms with E-state index >= 15 is 0 Å². The molecule has 2 aliphatic heterocycles. The monoisotopic (exact) mass is 450 g/mol. The maximum atomic E-state index is 13.5. The summed E-state index contributed by atoms with van der Waals surface area (Å²) in [6.45, 7) is 4.48. The molecule has 0 saturated carbocycles. The highest BCUT2D eigenvalue weighted by atomic mass is 16.5. The van der Waals surface area contributed by atoms with Crippen LogP contribution in [0.1, 0.15) is 27.9 Å². The first-order valence-electron chi connectivity index (χ1n) is 11.2. The van der Waals surface area contributed by atoms with Crippen LogP contribution in [0.3, 0.4) is 0 Å².